The van der Waals surface area contributed by atoms with E-state index >= 15 is 0 Å². The Hall–Kier alpha value is -1.20. The van der Waals surface area contributed by atoms with Crippen molar-refractivity contribution in [2.45, 2.75) is 38.8 Å². The molecule has 2 rings (SSSR count). The smallest absolute Gasteiger partial charge is 0.247 e. The Bertz CT molecular complexity index is 428. The lowest BCUT2D eigenvalue weighted by atomic mass is 10.2. The Balaban J connectivity index is 1.84. The third-order valence-electron chi connectivity index (χ3n) is 3.04. The summed E-state index contributed by atoms with van der Waals surface area (Å²) in [6.45, 7) is 4.46. The molecule has 0 saturated carbocycles. The van der Waals surface area contributed by atoms with Gasteiger partial charge in [0.2, 0.25) is 11.8 Å². The first-order valence-electron chi connectivity index (χ1n) is 6.21. The van der Waals surface area contributed by atoms with Crippen molar-refractivity contribution in [3.8, 4) is 0 Å². The zero-order valence-electron chi connectivity index (χ0n) is 10.7. The molecule has 1 aromatic rings. The molecule has 1 N–H and O–H groups in total. The zero-order valence-corrected chi connectivity index (χ0v) is 11.5. The largest absolute Gasteiger partial charge is 0.305 e. The van der Waals surface area contributed by atoms with Crippen molar-refractivity contribution in [3.63, 3.8) is 0 Å². The number of hydrogen-bond donors (Lipinski definition) is 1. The number of carbonyl (C=O) groups excluding carboxylic acids is 2. The first kappa shape index (κ1) is 13.2. The van der Waals surface area contributed by atoms with Crippen LogP contribution in [0.25, 0.3) is 0 Å². The van der Waals surface area contributed by atoms with Gasteiger partial charge in [-0.05, 0) is 31.7 Å². The summed E-state index contributed by atoms with van der Waals surface area (Å²) in [6.07, 6.45) is 1.19. The van der Waals surface area contributed by atoms with E-state index in [9.17, 15) is 9.59 Å². The molecular weight excluding hydrogens is 248 g/mol. The molecule has 1 saturated heterocycles. The summed E-state index contributed by atoms with van der Waals surface area (Å²) < 4.78 is 0. The predicted molar refractivity (Wildman–Crippen MR) is 71.4 cm³/mol. The molecule has 0 spiro atoms. The molecule has 2 amide bonds. The van der Waals surface area contributed by atoms with Gasteiger partial charge in [0.05, 0.1) is 12.5 Å². The standard InChI is InChI=1S/C13H18N2O2S/c1-9(2)15-12(16)8-11(13(15)17)14-6-5-10-4-3-7-18-10/h3-4,7,9,11,14H,5-6,8H2,1-2H3. The molecule has 5 heteroatoms. The van der Waals surface area contributed by atoms with Crippen molar-refractivity contribution in [3.05, 3.63) is 22.4 Å². The number of amides is 2. The number of thiophene rings is 1. The Morgan fingerprint density at radius 2 is 2.28 bits per heavy atom. The van der Waals surface area contributed by atoms with Crippen molar-refractivity contribution in [1.82, 2.24) is 10.2 Å². The van der Waals surface area contributed by atoms with Crippen LogP contribution in [-0.4, -0.2) is 35.3 Å². The molecule has 1 unspecified atom stereocenters. The van der Waals surface area contributed by atoms with Gasteiger partial charge < -0.3 is 5.32 Å². The molecule has 98 valence electrons. The SMILES string of the molecule is CC(C)N1C(=O)CC(NCCc2cccs2)C1=O. The van der Waals surface area contributed by atoms with Crippen molar-refractivity contribution in [2.24, 2.45) is 0 Å². The lowest BCUT2D eigenvalue weighted by Gasteiger charge is -2.19. The number of hydrogen-bond acceptors (Lipinski definition) is 4. The molecule has 1 fully saturated rings. The van der Waals surface area contributed by atoms with E-state index in [2.05, 4.69) is 11.4 Å². The summed E-state index contributed by atoms with van der Waals surface area (Å²) in [4.78, 5) is 26.3. The van der Waals surface area contributed by atoms with Crippen molar-refractivity contribution in [1.29, 1.82) is 0 Å². The second kappa shape index (κ2) is 5.63. The minimum atomic E-state index is -0.333. The average molecular weight is 266 g/mol. The van der Waals surface area contributed by atoms with Crippen LogP contribution in [0.5, 0.6) is 0 Å². The van der Waals surface area contributed by atoms with E-state index in [0.29, 0.717) is 6.42 Å². The predicted octanol–water partition coefficient (Wildman–Crippen LogP) is 1.42. The summed E-state index contributed by atoms with van der Waals surface area (Å²) >= 11 is 1.71. The fourth-order valence-corrected chi connectivity index (χ4v) is 2.89. The Kier molecular flexibility index (Phi) is 4.14. The maximum Gasteiger partial charge on any atom is 0.247 e. The second-order valence-electron chi connectivity index (χ2n) is 4.74. The maximum absolute atomic E-state index is 12.0. The van der Waals surface area contributed by atoms with Crippen molar-refractivity contribution >= 4 is 23.2 Å². The van der Waals surface area contributed by atoms with Gasteiger partial charge in [-0.15, -0.1) is 11.3 Å². The monoisotopic (exact) mass is 266 g/mol. The van der Waals surface area contributed by atoms with Crippen LogP contribution in [-0.2, 0) is 16.0 Å². The van der Waals surface area contributed by atoms with Crippen molar-refractivity contribution in [2.75, 3.05) is 6.54 Å². The maximum atomic E-state index is 12.0. The normalized spacial score (nSPS) is 20.2. The molecule has 1 aliphatic heterocycles. The minimum Gasteiger partial charge on any atom is -0.305 e. The zero-order chi connectivity index (χ0) is 13.1. The number of imide groups is 1. The average Bonchev–Trinajstić information content (AvgIpc) is 2.88. The highest BCUT2D eigenvalue weighted by molar-refractivity contribution is 7.09. The molecule has 1 atom stereocenters. The Labute approximate surface area is 111 Å². The van der Waals surface area contributed by atoms with E-state index < -0.39 is 0 Å². The topological polar surface area (TPSA) is 49.4 Å². The van der Waals surface area contributed by atoms with Gasteiger partial charge in [-0.3, -0.25) is 14.5 Å². The van der Waals surface area contributed by atoms with Gasteiger partial charge >= 0.3 is 0 Å². The van der Waals surface area contributed by atoms with E-state index in [4.69, 9.17) is 0 Å². The van der Waals surface area contributed by atoms with Gasteiger partial charge in [0.15, 0.2) is 0 Å². The number of nitrogens with zero attached hydrogens (tertiary/aromatic N) is 1. The molecule has 0 radical (unpaired) electrons. The van der Waals surface area contributed by atoms with Gasteiger partial charge in [-0.1, -0.05) is 6.07 Å². The van der Waals surface area contributed by atoms with Crippen LogP contribution >= 0.6 is 11.3 Å². The summed E-state index contributed by atoms with van der Waals surface area (Å²) in [5.74, 6) is -0.148. The van der Waals surface area contributed by atoms with Crippen molar-refractivity contribution < 1.29 is 9.59 Å². The van der Waals surface area contributed by atoms with Crippen LogP contribution in [0.1, 0.15) is 25.1 Å². The van der Waals surface area contributed by atoms with Crippen LogP contribution in [0.4, 0.5) is 0 Å². The van der Waals surface area contributed by atoms with E-state index in [1.54, 1.807) is 11.3 Å². The van der Waals surface area contributed by atoms with Crippen LogP contribution in [0.15, 0.2) is 17.5 Å². The van der Waals surface area contributed by atoms with E-state index in [1.165, 1.54) is 9.78 Å². The third kappa shape index (κ3) is 2.79. The molecule has 0 bridgehead atoms. The molecule has 2 heterocycles. The molecule has 0 aliphatic carbocycles. The van der Waals surface area contributed by atoms with Crippen LogP contribution in [0.2, 0.25) is 0 Å². The fourth-order valence-electron chi connectivity index (χ4n) is 2.18. The van der Waals surface area contributed by atoms with Gasteiger partial charge in [0.1, 0.15) is 0 Å². The van der Waals surface area contributed by atoms with E-state index in [0.717, 1.165) is 13.0 Å². The van der Waals surface area contributed by atoms with Gasteiger partial charge in [-0.25, -0.2) is 0 Å². The summed E-state index contributed by atoms with van der Waals surface area (Å²) in [6, 6.07) is 3.72. The van der Waals surface area contributed by atoms with E-state index in [1.807, 2.05) is 25.3 Å². The fraction of sp³-hybridized carbons (Fsp3) is 0.538. The summed E-state index contributed by atoms with van der Waals surface area (Å²) in [5.41, 5.74) is 0. The first-order chi connectivity index (χ1) is 8.59. The van der Waals surface area contributed by atoms with Gasteiger partial charge in [-0.2, -0.15) is 0 Å². The number of likely N-dealkylation sites (tertiary alicyclic amines) is 1. The van der Waals surface area contributed by atoms with Crippen LogP contribution in [0, 0.1) is 0 Å². The molecule has 1 aromatic heterocycles. The number of nitrogens with one attached hydrogen (secondary N) is 1. The molecular formula is C13H18N2O2S. The molecule has 18 heavy (non-hydrogen) atoms. The van der Waals surface area contributed by atoms with Crippen LogP contribution in [0.3, 0.4) is 0 Å². The summed E-state index contributed by atoms with van der Waals surface area (Å²) in [7, 11) is 0. The van der Waals surface area contributed by atoms with E-state index in [-0.39, 0.29) is 23.9 Å². The highest BCUT2D eigenvalue weighted by Crippen LogP contribution is 2.16. The first-order valence-corrected chi connectivity index (χ1v) is 7.09. The van der Waals surface area contributed by atoms with Gasteiger partial charge in [0, 0.05) is 17.5 Å². The number of carbonyl (C=O) groups is 2. The van der Waals surface area contributed by atoms with Gasteiger partial charge in [0.25, 0.3) is 0 Å². The quantitative estimate of drug-likeness (QED) is 0.820. The highest BCUT2D eigenvalue weighted by Gasteiger charge is 2.39. The lowest BCUT2D eigenvalue weighted by Crippen LogP contribution is -2.42. The molecule has 1 aliphatic rings. The van der Waals surface area contributed by atoms with Crippen LogP contribution < -0.4 is 5.32 Å². The molecule has 0 aromatic carbocycles. The Morgan fingerprint density at radius 1 is 1.50 bits per heavy atom. The molecule has 4 nitrogen and oxygen atoms in total. The summed E-state index contributed by atoms with van der Waals surface area (Å²) in [5, 5.41) is 5.22. The third-order valence-corrected chi connectivity index (χ3v) is 3.98. The minimum absolute atomic E-state index is 0.0471. The highest BCUT2D eigenvalue weighted by atomic mass is 32.1. The Morgan fingerprint density at radius 3 is 2.83 bits per heavy atom. The number of rotatable bonds is 5. The lowest BCUT2D eigenvalue weighted by molar-refractivity contribution is -0.140. The second-order valence-corrected chi connectivity index (χ2v) is 5.77.